The van der Waals surface area contributed by atoms with Crippen LogP contribution in [0, 0.1) is 11.8 Å². The summed E-state index contributed by atoms with van der Waals surface area (Å²) in [5.41, 5.74) is 0. The SMILES string of the molecule is CCNC(CCOCC(F)F)C1CCC(C)CC1. The Morgan fingerprint density at radius 2 is 1.89 bits per heavy atom. The molecular formula is C14H27F2NO. The minimum absolute atomic E-state index is 0.430. The molecule has 0 aromatic heterocycles. The van der Waals surface area contributed by atoms with E-state index >= 15 is 0 Å². The number of hydrogen-bond donors (Lipinski definition) is 1. The molecule has 0 aromatic carbocycles. The number of hydrogen-bond acceptors (Lipinski definition) is 2. The Hall–Kier alpha value is -0.220. The van der Waals surface area contributed by atoms with Crippen LogP contribution in [-0.4, -0.2) is 32.2 Å². The first-order valence-corrected chi connectivity index (χ1v) is 7.22. The fourth-order valence-corrected chi connectivity index (χ4v) is 2.84. The first kappa shape index (κ1) is 15.8. The Balaban J connectivity index is 2.25. The van der Waals surface area contributed by atoms with Crippen LogP contribution in [0.3, 0.4) is 0 Å². The summed E-state index contributed by atoms with van der Waals surface area (Å²) in [7, 11) is 0. The fraction of sp³-hybridized carbons (Fsp3) is 1.00. The van der Waals surface area contributed by atoms with Crippen molar-refractivity contribution in [3.8, 4) is 0 Å². The van der Waals surface area contributed by atoms with Crippen LogP contribution < -0.4 is 5.32 Å². The van der Waals surface area contributed by atoms with E-state index in [0.29, 0.717) is 18.6 Å². The average Bonchev–Trinajstić information content (AvgIpc) is 2.34. The summed E-state index contributed by atoms with van der Waals surface area (Å²) in [4.78, 5) is 0. The molecule has 0 aromatic rings. The van der Waals surface area contributed by atoms with Gasteiger partial charge in [0.05, 0.1) is 0 Å². The van der Waals surface area contributed by atoms with Gasteiger partial charge < -0.3 is 10.1 Å². The van der Waals surface area contributed by atoms with Crippen molar-refractivity contribution < 1.29 is 13.5 Å². The molecule has 0 amide bonds. The van der Waals surface area contributed by atoms with Crippen molar-refractivity contribution in [2.75, 3.05) is 19.8 Å². The molecule has 0 saturated heterocycles. The van der Waals surface area contributed by atoms with Crippen molar-refractivity contribution in [2.45, 2.75) is 58.4 Å². The zero-order chi connectivity index (χ0) is 13.4. The molecule has 1 saturated carbocycles. The third kappa shape index (κ3) is 6.10. The lowest BCUT2D eigenvalue weighted by atomic mass is 9.78. The predicted octanol–water partition coefficient (Wildman–Crippen LogP) is 3.46. The van der Waals surface area contributed by atoms with Gasteiger partial charge in [-0.25, -0.2) is 8.78 Å². The number of halogens is 2. The Kier molecular flexibility index (Phi) is 7.75. The van der Waals surface area contributed by atoms with E-state index in [1.54, 1.807) is 0 Å². The Morgan fingerprint density at radius 3 is 2.44 bits per heavy atom. The molecule has 4 heteroatoms. The average molecular weight is 263 g/mol. The number of alkyl halides is 2. The third-order valence-corrected chi connectivity index (χ3v) is 3.91. The molecule has 0 aliphatic heterocycles. The molecule has 0 heterocycles. The summed E-state index contributed by atoms with van der Waals surface area (Å²) < 4.78 is 28.9. The van der Waals surface area contributed by atoms with E-state index in [9.17, 15) is 8.78 Å². The van der Waals surface area contributed by atoms with Crippen LogP contribution in [-0.2, 0) is 4.74 Å². The first-order chi connectivity index (χ1) is 8.63. The second-order valence-electron chi connectivity index (χ2n) is 5.44. The largest absolute Gasteiger partial charge is 0.375 e. The van der Waals surface area contributed by atoms with Gasteiger partial charge in [0, 0.05) is 12.6 Å². The smallest absolute Gasteiger partial charge is 0.261 e. The maximum absolute atomic E-state index is 12.0. The molecule has 1 aliphatic carbocycles. The van der Waals surface area contributed by atoms with Crippen LogP contribution in [0.4, 0.5) is 8.78 Å². The van der Waals surface area contributed by atoms with Gasteiger partial charge in [-0.15, -0.1) is 0 Å². The van der Waals surface area contributed by atoms with Crippen molar-refractivity contribution in [3.63, 3.8) is 0 Å². The summed E-state index contributed by atoms with van der Waals surface area (Å²) in [5, 5.41) is 3.49. The van der Waals surface area contributed by atoms with Crippen LogP contribution in [0.2, 0.25) is 0 Å². The van der Waals surface area contributed by atoms with Crippen LogP contribution in [0.1, 0.15) is 46.0 Å². The van der Waals surface area contributed by atoms with Crippen molar-refractivity contribution in [2.24, 2.45) is 11.8 Å². The lowest BCUT2D eigenvalue weighted by Gasteiger charge is -2.33. The molecule has 1 aliphatic rings. The zero-order valence-corrected chi connectivity index (χ0v) is 11.6. The van der Waals surface area contributed by atoms with Gasteiger partial charge in [-0.1, -0.05) is 26.7 Å². The Bertz CT molecular complexity index is 206. The molecule has 18 heavy (non-hydrogen) atoms. The lowest BCUT2D eigenvalue weighted by molar-refractivity contribution is 0.0119. The molecule has 1 N–H and O–H groups in total. The molecule has 0 radical (unpaired) electrons. The van der Waals surface area contributed by atoms with Crippen LogP contribution in [0.15, 0.2) is 0 Å². The van der Waals surface area contributed by atoms with Gasteiger partial charge in [0.25, 0.3) is 6.43 Å². The van der Waals surface area contributed by atoms with Gasteiger partial charge in [-0.05, 0) is 37.6 Å². The van der Waals surface area contributed by atoms with E-state index in [1.807, 2.05) is 0 Å². The monoisotopic (exact) mass is 263 g/mol. The van der Waals surface area contributed by atoms with E-state index in [-0.39, 0.29) is 0 Å². The van der Waals surface area contributed by atoms with E-state index < -0.39 is 13.0 Å². The second-order valence-corrected chi connectivity index (χ2v) is 5.44. The normalized spacial score (nSPS) is 26.5. The second kappa shape index (κ2) is 8.81. The summed E-state index contributed by atoms with van der Waals surface area (Å²) in [6, 6.07) is 0.431. The van der Waals surface area contributed by atoms with E-state index in [2.05, 4.69) is 19.2 Å². The molecule has 1 rings (SSSR count). The maximum atomic E-state index is 12.0. The minimum atomic E-state index is -2.35. The van der Waals surface area contributed by atoms with Crippen LogP contribution in [0.25, 0.3) is 0 Å². The topological polar surface area (TPSA) is 21.3 Å². The lowest BCUT2D eigenvalue weighted by Crippen LogP contribution is -2.38. The maximum Gasteiger partial charge on any atom is 0.261 e. The zero-order valence-electron chi connectivity index (χ0n) is 11.6. The number of ether oxygens (including phenoxy) is 1. The van der Waals surface area contributed by atoms with Gasteiger partial charge in [0.1, 0.15) is 6.61 Å². The highest BCUT2D eigenvalue weighted by Gasteiger charge is 2.25. The molecule has 1 fully saturated rings. The molecule has 1 unspecified atom stereocenters. The van der Waals surface area contributed by atoms with Crippen molar-refractivity contribution >= 4 is 0 Å². The first-order valence-electron chi connectivity index (χ1n) is 7.22. The highest BCUT2D eigenvalue weighted by molar-refractivity contribution is 4.80. The minimum Gasteiger partial charge on any atom is -0.375 e. The van der Waals surface area contributed by atoms with Crippen LogP contribution in [0.5, 0.6) is 0 Å². The van der Waals surface area contributed by atoms with E-state index in [0.717, 1.165) is 18.9 Å². The third-order valence-electron chi connectivity index (χ3n) is 3.91. The Labute approximate surface area is 109 Å². The molecule has 1 atom stereocenters. The summed E-state index contributed by atoms with van der Waals surface area (Å²) >= 11 is 0. The summed E-state index contributed by atoms with van der Waals surface area (Å²) in [6.45, 7) is 5.35. The fourth-order valence-electron chi connectivity index (χ4n) is 2.84. The standard InChI is InChI=1S/C14H27F2NO/c1-3-17-13(8-9-18-10-14(15)16)12-6-4-11(2)5-7-12/h11-14,17H,3-10H2,1-2H3. The molecule has 2 nitrogen and oxygen atoms in total. The molecule has 0 spiro atoms. The number of nitrogens with one attached hydrogen (secondary N) is 1. The number of rotatable bonds is 8. The van der Waals surface area contributed by atoms with E-state index in [1.165, 1.54) is 25.7 Å². The van der Waals surface area contributed by atoms with E-state index in [4.69, 9.17) is 4.74 Å². The predicted molar refractivity (Wildman–Crippen MR) is 70.0 cm³/mol. The van der Waals surface area contributed by atoms with Crippen molar-refractivity contribution in [1.82, 2.24) is 5.32 Å². The van der Waals surface area contributed by atoms with Crippen LogP contribution >= 0.6 is 0 Å². The van der Waals surface area contributed by atoms with Gasteiger partial charge in [-0.2, -0.15) is 0 Å². The molecular weight excluding hydrogens is 236 g/mol. The summed E-state index contributed by atoms with van der Waals surface area (Å²) in [5.74, 6) is 1.54. The quantitative estimate of drug-likeness (QED) is 0.677. The van der Waals surface area contributed by atoms with Gasteiger partial charge in [-0.3, -0.25) is 0 Å². The van der Waals surface area contributed by atoms with Crippen molar-refractivity contribution in [1.29, 1.82) is 0 Å². The van der Waals surface area contributed by atoms with Gasteiger partial charge in [0.15, 0.2) is 0 Å². The highest BCUT2D eigenvalue weighted by atomic mass is 19.3. The highest BCUT2D eigenvalue weighted by Crippen LogP contribution is 2.31. The summed E-state index contributed by atoms with van der Waals surface area (Å²) in [6.07, 6.45) is 3.61. The van der Waals surface area contributed by atoms with Gasteiger partial charge >= 0.3 is 0 Å². The van der Waals surface area contributed by atoms with Crippen molar-refractivity contribution in [3.05, 3.63) is 0 Å². The molecule has 108 valence electrons. The molecule has 0 bridgehead atoms. The Morgan fingerprint density at radius 1 is 1.22 bits per heavy atom. The van der Waals surface area contributed by atoms with Gasteiger partial charge in [0.2, 0.25) is 0 Å².